The van der Waals surface area contributed by atoms with Gasteiger partial charge in [-0.2, -0.15) is 0 Å². The third kappa shape index (κ3) is 3.41. The molecule has 0 aromatic heterocycles. The molecule has 0 atom stereocenters. The Bertz CT molecular complexity index is 193. The molecule has 1 rings (SSSR count). The van der Waals surface area contributed by atoms with Crippen LogP contribution in [0, 0.1) is 0 Å². The van der Waals surface area contributed by atoms with Gasteiger partial charge in [0.1, 0.15) is 0 Å². The van der Waals surface area contributed by atoms with Crippen LogP contribution in [-0.2, 0) is 9.47 Å². The minimum absolute atomic E-state index is 0.107. The first-order valence-electron chi connectivity index (χ1n) is 5.49. The zero-order valence-electron chi connectivity index (χ0n) is 10.6. The van der Waals surface area contributed by atoms with E-state index >= 15 is 0 Å². The third-order valence-corrected chi connectivity index (χ3v) is 3.33. The monoisotopic (exact) mass is 216 g/mol. The van der Waals surface area contributed by atoms with E-state index in [1.807, 2.05) is 0 Å². The van der Waals surface area contributed by atoms with E-state index in [0.717, 1.165) is 26.2 Å². The average molecular weight is 216 g/mol. The van der Waals surface area contributed by atoms with Gasteiger partial charge in [-0.1, -0.05) is 0 Å². The fourth-order valence-corrected chi connectivity index (χ4v) is 1.95. The average Bonchev–Trinajstić information content (AvgIpc) is 2.19. The first kappa shape index (κ1) is 12.9. The maximum absolute atomic E-state index is 5.22. The molecule has 1 fully saturated rings. The van der Waals surface area contributed by atoms with E-state index in [9.17, 15) is 0 Å². The number of hydrogen-bond acceptors (Lipinski definition) is 4. The van der Waals surface area contributed by atoms with E-state index in [0.29, 0.717) is 0 Å². The largest absolute Gasteiger partial charge is 0.355 e. The molecule has 0 aliphatic carbocycles. The van der Waals surface area contributed by atoms with Crippen molar-refractivity contribution in [3.63, 3.8) is 0 Å². The van der Waals surface area contributed by atoms with Gasteiger partial charge < -0.3 is 9.47 Å². The van der Waals surface area contributed by atoms with E-state index in [1.54, 1.807) is 14.2 Å². The Kier molecular flexibility index (Phi) is 4.52. The Morgan fingerprint density at radius 2 is 1.80 bits per heavy atom. The van der Waals surface area contributed by atoms with Crippen LogP contribution in [0.2, 0.25) is 0 Å². The number of likely N-dealkylation sites (N-methyl/N-ethyl adjacent to an activating group) is 1. The molecule has 0 aromatic rings. The van der Waals surface area contributed by atoms with Gasteiger partial charge in [0.05, 0.1) is 0 Å². The first-order chi connectivity index (χ1) is 6.99. The van der Waals surface area contributed by atoms with E-state index in [-0.39, 0.29) is 11.8 Å². The standard InChI is InChI=1S/C11H24N2O2/c1-11(2)9-13(7-6-12(11)3)8-10(14-4)15-5/h10H,6-9H2,1-5H3. The third-order valence-electron chi connectivity index (χ3n) is 3.33. The van der Waals surface area contributed by atoms with Gasteiger partial charge in [0.15, 0.2) is 6.29 Å². The van der Waals surface area contributed by atoms with E-state index < -0.39 is 0 Å². The molecule has 0 aromatic carbocycles. The molecule has 90 valence electrons. The summed E-state index contributed by atoms with van der Waals surface area (Å²) < 4.78 is 10.4. The van der Waals surface area contributed by atoms with Gasteiger partial charge in [-0.05, 0) is 20.9 Å². The Morgan fingerprint density at radius 3 is 2.27 bits per heavy atom. The summed E-state index contributed by atoms with van der Waals surface area (Å²) in [5.74, 6) is 0. The lowest BCUT2D eigenvalue weighted by Gasteiger charge is -2.45. The lowest BCUT2D eigenvalue weighted by molar-refractivity contribution is -0.124. The Balaban J connectivity index is 2.45. The molecule has 1 heterocycles. The van der Waals surface area contributed by atoms with Crippen molar-refractivity contribution in [3.05, 3.63) is 0 Å². The predicted octanol–water partition coefficient (Wildman–Crippen LogP) is 0.631. The van der Waals surface area contributed by atoms with Crippen molar-refractivity contribution in [1.29, 1.82) is 0 Å². The minimum Gasteiger partial charge on any atom is -0.355 e. The van der Waals surface area contributed by atoms with Crippen molar-refractivity contribution in [1.82, 2.24) is 9.80 Å². The van der Waals surface area contributed by atoms with E-state index in [2.05, 4.69) is 30.7 Å². The molecule has 0 saturated carbocycles. The molecule has 0 unspecified atom stereocenters. The van der Waals surface area contributed by atoms with Crippen LogP contribution in [0.3, 0.4) is 0 Å². The van der Waals surface area contributed by atoms with Crippen molar-refractivity contribution < 1.29 is 9.47 Å². The SMILES string of the molecule is COC(CN1CCN(C)C(C)(C)C1)OC. The molecule has 0 radical (unpaired) electrons. The summed E-state index contributed by atoms with van der Waals surface area (Å²) >= 11 is 0. The molecule has 15 heavy (non-hydrogen) atoms. The smallest absolute Gasteiger partial charge is 0.169 e. The highest BCUT2D eigenvalue weighted by molar-refractivity contribution is 4.88. The molecule has 1 saturated heterocycles. The van der Waals surface area contributed by atoms with Gasteiger partial charge in [-0.25, -0.2) is 0 Å². The zero-order valence-corrected chi connectivity index (χ0v) is 10.6. The fourth-order valence-electron chi connectivity index (χ4n) is 1.95. The highest BCUT2D eigenvalue weighted by atomic mass is 16.7. The van der Waals surface area contributed by atoms with E-state index in [4.69, 9.17) is 9.47 Å². The number of ether oxygens (including phenoxy) is 2. The van der Waals surface area contributed by atoms with Gasteiger partial charge in [0.25, 0.3) is 0 Å². The lowest BCUT2D eigenvalue weighted by Crippen LogP contribution is -2.58. The summed E-state index contributed by atoms with van der Waals surface area (Å²) in [6.07, 6.45) is -0.107. The van der Waals surface area contributed by atoms with Crippen LogP contribution >= 0.6 is 0 Å². The van der Waals surface area contributed by atoms with Crippen molar-refractivity contribution in [2.24, 2.45) is 0 Å². The molecule has 4 heteroatoms. The second-order valence-corrected chi connectivity index (χ2v) is 4.87. The van der Waals surface area contributed by atoms with Crippen molar-refractivity contribution in [3.8, 4) is 0 Å². The molecular formula is C11H24N2O2. The normalized spacial score (nSPS) is 23.6. The zero-order chi connectivity index (χ0) is 11.5. The molecule has 1 aliphatic rings. The maximum atomic E-state index is 5.22. The van der Waals surface area contributed by atoms with Gasteiger partial charge in [-0.3, -0.25) is 9.80 Å². The van der Waals surface area contributed by atoms with Gasteiger partial charge in [0, 0.05) is 45.9 Å². The second kappa shape index (κ2) is 5.25. The van der Waals surface area contributed by atoms with Gasteiger partial charge in [-0.15, -0.1) is 0 Å². The van der Waals surface area contributed by atoms with Crippen LogP contribution in [0.25, 0.3) is 0 Å². The van der Waals surface area contributed by atoms with Crippen molar-refractivity contribution >= 4 is 0 Å². The Hall–Kier alpha value is -0.160. The number of piperazine rings is 1. The van der Waals surface area contributed by atoms with Crippen molar-refractivity contribution in [2.75, 3.05) is 47.4 Å². The number of nitrogens with zero attached hydrogens (tertiary/aromatic N) is 2. The molecule has 0 bridgehead atoms. The first-order valence-corrected chi connectivity index (χ1v) is 5.49. The molecular weight excluding hydrogens is 192 g/mol. The van der Waals surface area contributed by atoms with Crippen molar-refractivity contribution in [2.45, 2.75) is 25.7 Å². The summed E-state index contributed by atoms with van der Waals surface area (Å²) in [5, 5.41) is 0. The highest BCUT2D eigenvalue weighted by Gasteiger charge is 2.31. The van der Waals surface area contributed by atoms with Crippen LogP contribution in [0.5, 0.6) is 0 Å². The van der Waals surface area contributed by atoms with Crippen LogP contribution in [-0.4, -0.2) is 69.1 Å². The summed E-state index contributed by atoms with van der Waals surface area (Å²) in [6.45, 7) is 8.65. The van der Waals surface area contributed by atoms with Crippen LogP contribution in [0.1, 0.15) is 13.8 Å². The van der Waals surface area contributed by atoms with E-state index in [1.165, 1.54) is 0 Å². The topological polar surface area (TPSA) is 24.9 Å². The number of rotatable bonds is 4. The molecule has 0 spiro atoms. The summed E-state index contributed by atoms with van der Waals surface area (Å²) in [4.78, 5) is 4.80. The van der Waals surface area contributed by atoms with Gasteiger partial charge >= 0.3 is 0 Å². The van der Waals surface area contributed by atoms with Crippen LogP contribution in [0.4, 0.5) is 0 Å². The highest BCUT2D eigenvalue weighted by Crippen LogP contribution is 2.18. The van der Waals surface area contributed by atoms with Crippen LogP contribution in [0.15, 0.2) is 0 Å². The number of hydrogen-bond donors (Lipinski definition) is 0. The summed E-state index contributed by atoms with van der Waals surface area (Å²) in [6, 6.07) is 0. The molecule has 0 N–H and O–H groups in total. The maximum Gasteiger partial charge on any atom is 0.169 e. The quantitative estimate of drug-likeness (QED) is 0.644. The Labute approximate surface area is 93.1 Å². The van der Waals surface area contributed by atoms with Crippen LogP contribution < -0.4 is 0 Å². The lowest BCUT2D eigenvalue weighted by atomic mass is 10.00. The van der Waals surface area contributed by atoms with Gasteiger partial charge in [0.2, 0.25) is 0 Å². The molecule has 4 nitrogen and oxygen atoms in total. The Morgan fingerprint density at radius 1 is 1.20 bits per heavy atom. The number of methoxy groups -OCH3 is 2. The summed E-state index contributed by atoms with van der Waals surface area (Å²) in [7, 11) is 5.56. The predicted molar refractivity (Wildman–Crippen MR) is 61.0 cm³/mol. The molecule has 1 aliphatic heterocycles. The minimum atomic E-state index is -0.107. The molecule has 0 amide bonds. The fraction of sp³-hybridized carbons (Fsp3) is 1.00. The summed E-state index contributed by atoms with van der Waals surface area (Å²) in [5.41, 5.74) is 0.240. The second-order valence-electron chi connectivity index (χ2n) is 4.87.